The third-order valence-corrected chi connectivity index (χ3v) is 3.53. The van der Waals surface area contributed by atoms with Gasteiger partial charge in [0.2, 0.25) is 0 Å². The van der Waals surface area contributed by atoms with Crippen LogP contribution in [0, 0.1) is 6.92 Å². The molecule has 0 fully saturated rings. The van der Waals surface area contributed by atoms with Crippen LogP contribution in [-0.4, -0.2) is 27.3 Å². The van der Waals surface area contributed by atoms with Crippen molar-refractivity contribution in [3.8, 4) is 0 Å². The van der Waals surface area contributed by atoms with Gasteiger partial charge in [0.15, 0.2) is 0 Å². The lowest BCUT2D eigenvalue weighted by atomic mass is 9.91. The summed E-state index contributed by atoms with van der Waals surface area (Å²) in [5, 5.41) is 0. The van der Waals surface area contributed by atoms with Gasteiger partial charge in [-0.2, -0.15) is 0 Å². The molecular weight excluding hydrogens is 198 g/mol. The van der Waals surface area contributed by atoms with E-state index in [0.717, 1.165) is 13.2 Å². The number of nitrogens with zero attached hydrogens (tertiary/aromatic N) is 1. The van der Waals surface area contributed by atoms with E-state index in [2.05, 4.69) is 37.1 Å². The fraction of sp³-hybridized carbons (Fsp3) is 0.571. The molecule has 1 atom stereocenters. The molecule has 2 rings (SSSR count). The summed E-state index contributed by atoms with van der Waals surface area (Å²) in [5.41, 5.74) is 4.28. The molecule has 0 amide bonds. The third-order valence-electron chi connectivity index (χ3n) is 3.53. The van der Waals surface area contributed by atoms with Crippen molar-refractivity contribution < 1.29 is 4.74 Å². The smallest absolute Gasteiger partial charge is 0.0531 e. The molecule has 0 spiro atoms. The summed E-state index contributed by atoms with van der Waals surface area (Å²) < 4.78 is 5.37. The second kappa shape index (κ2) is 4.88. The summed E-state index contributed by atoms with van der Waals surface area (Å²) in [5.74, 6) is 0.561. The average molecular weight is 219 g/mol. The Morgan fingerprint density at radius 2 is 2.25 bits per heavy atom. The average Bonchev–Trinajstić information content (AvgIpc) is 2.42. The largest absolute Gasteiger partial charge is 0.384 e. The zero-order chi connectivity index (χ0) is 11.5. The van der Waals surface area contributed by atoms with Gasteiger partial charge < -0.3 is 9.64 Å². The first-order valence-electron chi connectivity index (χ1n) is 6.03. The molecule has 1 aromatic rings. The number of fused-ring (bicyclic) bond motifs is 1. The van der Waals surface area contributed by atoms with Crippen LogP contribution in [0.5, 0.6) is 0 Å². The summed E-state index contributed by atoms with van der Waals surface area (Å²) >= 11 is 0. The predicted molar refractivity (Wildman–Crippen MR) is 68.3 cm³/mol. The van der Waals surface area contributed by atoms with Gasteiger partial charge in [-0.25, -0.2) is 0 Å². The molecule has 0 aromatic heterocycles. The van der Waals surface area contributed by atoms with Gasteiger partial charge in [-0.3, -0.25) is 0 Å². The zero-order valence-corrected chi connectivity index (χ0v) is 10.5. The van der Waals surface area contributed by atoms with Crippen molar-refractivity contribution in [3.05, 3.63) is 29.3 Å². The van der Waals surface area contributed by atoms with Crippen LogP contribution in [0.3, 0.4) is 0 Å². The Morgan fingerprint density at radius 1 is 1.44 bits per heavy atom. The number of aryl methyl sites for hydroxylation is 1. The molecule has 88 valence electrons. The van der Waals surface area contributed by atoms with Gasteiger partial charge in [-0.1, -0.05) is 12.1 Å². The van der Waals surface area contributed by atoms with Gasteiger partial charge in [-0.15, -0.1) is 0 Å². The molecule has 1 unspecified atom stereocenters. The van der Waals surface area contributed by atoms with Crippen LogP contribution in [0.4, 0.5) is 5.69 Å². The predicted octanol–water partition coefficient (Wildman–Crippen LogP) is 2.96. The molecule has 0 aliphatic carbocycles. The standard InChI is InChI=1S/C14H21NO/c1-11-6-4-8-13-14(11)12(10-16-3)7-5-9-15(13)2/h4,6,8,12H,5,7,9-10H2,1-3H3. The number of anilines is 1. The van der Waals surface area contributed by atoms with Gasteiger partial charge in [0.25, 0.3) is 0 Å². The first-order chi connectivity index (χ1) is 7.74. The van der Waals surface area contributed by atoms with Crippen LogP contribution in [0.1, 0.15) is 29.9 Å². The van der Waals surface area contributed by atoms with Gasteiger partial charge >= 0.3 is 0 Å². The molecule has 2 nitrogen and oxygen atoms in total. The Bertz CT molecular complexity index is 362. The van der Waals surface area contributed by atoms with Crippen molar-refractivity contribution in [2.75, 3.05) is 32.2 Å². The van der Waals surface area contributed by atoms with Crippen molar-refractivity contribution in [2.45, 2.75) is 25.7 Å². The van der Waals surface area contributed by atoms with E-state index in [4.69, 9.17) is 4.74 Å². The highest BCUT2D eigenvalue weighted by Crippen LogP contribution is 2.35. The molecule has 0 saturated heterocycles. The molecule has 16 heavy (non-hydrogen) atoms. The second-order valence-electron chi connectivity index (χ2n) is 4.72. The number of hydrogen-bond donors (Lipinski definition) is 0. The summed E-state index contributed by atoms with van der Waals surface area (Å²) in [6, 6.07) is 6.59. The fourth-order valence-electron chi connectivity index (χ4n) is 2.74. The minimum absolute atomic E-state index is 0.561. The Kier molecular flexibility index (Phi) is 3.49. The normalized spacial score (nSPS) is 20.4. The topological polar surface area (TPSA) is 12.5 Å². The van der Waals surface area contributed by atoms with Gasteiger partial charge in [0, 0.05) is 32.3 Å². The quantitative estimate of drug-likeness (QED) is 0.758. The minimum Gasteiger partial charge on any atom is -0.384 e. The van der Waals surface area contributed by atoms with E-state index in [1.807, 2.05) is 0 Å². The summed E-state index contributed by atoms with van der Waals surface area (Å²) in [7, 11) is 3.99. The van der Waals surface area contributed by atoms with Crippen LogP contribution in [0.25, 0.3) is 0 Å². The molecule has 1 heterocycles. The van der Waals surface area contributed by atoms with Crippen LogP contribution >= 0.6 is 0 Å². The highest BCUT2D eigenvalue weighted by molar-refractivity contribution is 5.58. The van der Waals surface area contributed by atoms with E-state index in [-0.39, 0.29) is 0 Å². The number of benzene rings is 1. The maximum atomic E-state index is 5.37. The Morgan fingerprint density at radius 3 is 3.00 bits per heavy atom. The maximum Gasteiger partial charge on any atom is 0.0531 e. The first-order valence-corrected chi connectivity index (χ1v) is 6.03. The number of methoxy groups -OCH3 is 1. The van der Waals surface area contributed by atoms with Crippen molar-refractivity contribution in [1.29, 1.82) is 0 Å². The fourth-order valence-corrected chi connectivity index (χ4v) is 2.74. The minimum atomic E-state index is 0.561. The highest BCUT2D eigenvalue weighted by Gasteiger charge is 2.22. The molecule has 0 N–H and O–H groups in total. The highest BCUT2D eigenvalue weighted by atomic mass is 16.5. The molecule has 0 saturated carbocycles. The Labute approximate surface area is 98.2 Å². The molecule has 0 bridgehead atoms. The summed E-state index contributed by atoms with van der Waals surface area (Å²) in [4.78, 5) is 2.37. The van der Waals surface area contributed by atoms with Gasteiger partial charge in [-0.05, 0) is 37.0 Å². The molecular formula is C14H21NO. The maximum absolute atomic E-state index is 5.37. The van der Waals surface area contributed by atoms with Crippen molar-refractivity contribution >= 4 is 5.69 Å². The number of hydrogen-bond acceptors (Lipinski definition) is 2. The lowest BCUT2D eigenvalue weighted by molar-refractivity contribution is 0.176. The van der Waals surface area contributed by atoms with Gasteiger partial charge in [0.1, 0.15) is 0 Å². The van der Waals surface area contributed by atoms with Crippen LogP contribution in [-0.2, 0) is 4.74 Å². The van der Waals surface area contributed by atoms with Gasteiger partial charge in [0.05, 0.1) is 6.61 Å². The lowest BCUT2D eigenvalue weighted by Gasteiger charge is -2.23. The Hall–Kier alpha value is -1.02. The van der Waals surface area contributed by atoms with E-state index in [1.165, 1.54) is 29.7 Å². The third kappa shape index (κ3) is 2.07. The zero-order valence-electron chi connectivity index (χ0n) is 10.5. The van der Waals surface area contributed by atoms with Crippen LogP contribution in [0.2, 0.25) is 0 Å². The van der Waals surface area contributed by atoms with Crippen molar-refractivity contribution in [3.63, 3.8) is 0 Å². The van der Waals surface area contributed by atoms with E-state index in [9.17, 15) is 0 Å². The number of rotatable bonds is 2. The lowest BCUT2D eigenvalue weighted by Crippen LogP contribution is -2.18. The monoisotopic (exact) mass is 219 g/mol. The van der Waals surface area contributed by atoms with Crippen LogP contribution in [0.15, 0.2) is 18.2 Å². The molecule has 1 aliphatic rings. The van der Waals surface area contributed by atoms with E-state index >= 15 is 0 Å². The second-order valence-corrected chi connectivity index (χ2v) is 4.72. The summed E-state index contributed by atoms with van der Waals surface area (Å²) in [6.07, 6.45) is 2.48. The van der Waals surface area contributed by atoms with Crippen molar-refractivity contribution in [2.24, 2.45) is 0 Å². The number of ether oxygens (including phenoxy) is 1. The molecule has 1 aromatic carbocycles. The van der Waals surface area contributed by atoms with E-state index < -0.39 is 0 Å². The molecule has 2 heteroatoms. The van der Waals surface area contributed by atoms with Crippen LogP contribution < -0.4 is 4.90 Å². The Balaban J connectivity index is 2.44. The molecule has 1 aliphatic heterocycles. The SMILES string of the molecule is COCC1CCCN(C)c2cccc(C)c21. The summed E-state index contributed by atoms with van der Waals surface area (Å²) in [6.45, 7) is 4.20. The first kappa shape index (κ1) is 11.5. The van der Waals surface area contributed by atoms with Crippen molar-refractivity contribution in [1.82, 2.24) is 0 Å². The van der Waals surface area contributed by atoms with E-state index in [0.29, 0.717) is 5.92 Å². The molecule has 0 radical (unpaired) electrons. The van der Waals surface area contributed by atoms with E-state index in [1.54, 1.807) is 7.11 Å².